The van der Waals surface area contributed by atoms with Gasteiger partial charge >= 0.3 is 11.9 Å². The molecule has 1 N–H and O–H groups in total. The molecule has 0 radical (unpaired) electrons. The Labute approximate surface area is 120 Å². The second-order valence-electron chi connectivity index (χ2n) is 4.02. The van der Waals surface area contributed by atoms with Crippen LogP contribution in [0.5, 0.6) is 5.75 Å². The number of carbonyl (C=O) groups is 2. The minimum Gasteiger partial charge on any atom is -0.494 e. The Balaban J connectivity index is 2.56. The fourth-order valence-corrected chi connectivity index (χ4v) is 1.83. The maximum Gasteiger partial charge on any atom is 0.358 e. The molecule has 7 heteroatoms. The summed E-state index contributed by atoms with van der Waals surface area (Å²) < 4.78 is 11.2. The SMILES string of the molecule is CCOC(=O)c1cc(C(=O)O)n(-c2ccccc2OC)n1. The molecule has 1 aromatic carbocycles. The fraction of sp³-hybridized carbons (Fsp3) is 0.214. The van der Waals surface area contributed by atoms with Gasteiger partial charge in [0.05, 0.1) is 13.7 Å². The van der Waals surface area contributed by atoms with E-state index in [9.17, 15) is 14.7 Å². The summed E-state index contributed by atoms with van der Waals surface area (Å²) in [7, 11) is 1.47. The van der Waals surface area contributed by atoms with Crippen LogP contribution >= 0.6 is 0 Å². The molecule has 0 atom stereocenters. The van der Waals surface area contributed by atoms with Gasteiger partial charge in [-0.15, -0.1) is 0 Å². The van der Waals surface area contributed by atoms with E-state index in [4.69, 9.17) is 9.47 Å². The lowest BCUT2D eigenvalue weighted by Gasteiger charge is -2.09. The van der Waals surface area contributed by atoms with Crippen LogP contribution in [-0.2, 0) is 4.74 Å². The number of aromatic carboxylic acids is 1. The number of esters is 1. The van der Waals surface area contributed by atoms with Crippen molar-refractivity contribution >= 4 is 11.9 Å². The predicted molar refractivity (Wildman–Crippen MR) is 73.0 cm³/mol. The summed E-state index contributed by atoms with van der Waals surface area (Å²) in [5, 5.41) is 13.3. The maximum atomic E-state index is 11.7. The molecule has 0 aliphatic carbocycles. The van der Waals surface area contributed by atoms with Crippen molar-refractivity contribution in [3.05, 3.63) is 41.7 Å². The average Bonchev–Trinajstić information content (AvgIpc) is 2.92. The molecule has 0 bridgehead atoms. The number of ether oxygens (including phenoxy) is 2. The van der Waals surface area contributed by atoms with Gasteiger partial charge in [-0.2, -0.15) is 5.10 Å². The number of carboxylic acids is 1. The fourth-order valence-electron chi connectivity index (χ4n) is 1.83. The van der Waals surface area contributed by atoms with E-state index in [1.807, 2.05) is 0 Å². The lowest BCUT2D eigenvalue weighted by Crippen LogP contribution is -2.10. The van der Waals surface area contributed by atoms with Crippen LogP contribution in [0.3, 0.4) is 0 Å². The van der Waals surface area contributed by atoms with E-state index in [0.717, 1.165) is 4.68 Å². The Hall–Kier alpha value is -2.83. The van der Waals surface area contributed by atoms with E-state index in [1.54, 1.807) is 31.2 Å². The first-order chi connectivity index (χ1) is 10.1. The molecule has 2 aromatic rings. The van der Waals surface area contributed by atoms with Gasteiger partial charge in [0, 0.05) is 6.07 Å². The zero-order chi connectivity index (χ0) is 15.4. The molecule has 0 aliphatic heterocycles. The van der Waals surface area contributed by atoms with Crippen molar-refractivity contribution in [2.45, 2.75) is 6.92 Å². The van der Waals surface area contributed by atoms with Crippen molar-refractivity contribution < 1.29 is 24.2 Å². The Morgan fingerprint density at radius 1 is 1.33 bits per heavy atom. The van der Waals surface area contributed by atoms with E-state index in [1.165, 1.54) is 13.2 Å². The number of aromatic nitrogens is 2. The summed E-state index contributed by atoms with van der Waals surface area (Å²) in [6, 6.07) is 7.96. The van der Waals surface area contributed by atoms with Gasteiger partial charge in [0.2, 0.25) is 0 Å². The third-order valence-corrected chi connectivity index (χ3v) is 2.73. The van der Waals surface area contributed by atoms with E-state index in [2.05, 4.69) is 5.10 Å². The molecule has 1 heterocycles. The van der Waals surface area contributed by atoms with Crippen LogP contribution in [0, 0.1) is 0 Å². The summed E-state index contributed by atoms with van der Waals surface area (Å²) in [5.74, 6) is -1.43. The van der Waals surface area contributed by atoms with E-state index < -0.39 is 11.9 Å². The number of hydrogen-bond acceptors (Lipinski definition) is 5. The van der Waals surface area contributed by atoms with Crippen LogP contribution in [0.25, 0.3) is 5.69 Å². The largest absolute Gasteiger partial charge is 0.494 e. The zero-order valence-electron chi connectivity index (χ0n) is 11.6. The number of hydrogen-bond donors (Lipinski definition) is 1. The molecular formula is C14H14N2O5. The van der Waals surface area contributed by atoms with Crippen molar-refractivity contribution in [3.8, 4) is 11.4 Å². The number of carbonyl (C=O) groups excluding carboxylic acids is 1. The van der Waals surface area contributed by atoms with Crippen LogP contribution in [0.15, 0.2) is 30.3 Å². The molecule has 0 unspecified atom stereocenters. The lowest BCUT2D eigenvalue weighted by molar-refractivity contribution is 0.0518. The maximum absolute atomic E-state index is 11.7. The van der Waals surface area contributed by atoms with E-state index in [-0.39, 0.29) is 18.0 Å². The molecule has 21 heavy (non-hydrogen) atoms. The Kier molecular flexibility index (Phi) is 4.22. The highest BCUT2D eigenvalue weighted by Crippen LogP contribution is 2.23. The van der Waals surface area contributed by atoms with Crippen molar-refractivity contribution in [1.29, 1.82) is 0 Å². The number of nitrogens with zero attached hydrogens (tertiary/aromatic N) is 2. The van der Waals surface area contributed by atoms with E-state index >= 15 is 0 Å². The van der Waals surface area contributed by atoms with Crippen LogP contribution in [0.4, 0.5) is 0 Å². The molecule has 0 spiro atoms. The first-order valence-corrected chi connectivity index (χ1v) is 6.22. The second-order valence-corrected chi connectivity index (χ2v) is 4.02. The lowest BCUT2D eigenvalue weighted by atomic mass is 10.3. The smallest absolute Gasteiger partial charge is 0.358 e. The highest BCUT2D eigenvalue weighted by Gasteiger charge is 2.21. The molecule has 0 fully saturated rings. The van der Waals surface area contributed by atoms with Gasteiger partial charge in [0.1, 0.15) is 11.4 Å². The number of para-hydroxylation sites is 2. The predicted octanol–water partition coefficient (Wildman–Crippen LogP) is 1.76. The first-order valence-electron chi connectivity index (χ1n) is 6.22. The molecular weight excluding hydrogens is 276 g/mol. The number of carboxylic acid groups (broad SMARTS) is 1. The molecule has 7 nitrogen and oxygen atoms in total. The van der Waals surface area contributed by atoms with Crippen molar-refractivity contribution in [2.24, 2.45) is 0 Å². The van der Waals surface area contributed by atoms with Crippen molar-refractivity contribution in [2.75, 3.05) is 13.7 Å². The third kappa shape index (κ3) is 2.86. The Morgan fingerprint density at radius 3 is 2.67 bits per heavy atom. The number of rotatable bonds is 5. The molecule has 0 saturated carbocycles. The highest BCUT2D eigenvalue weighted by molar-refractivity contribution is 5.93. The Bertz CT molecular complexity index is 678. The van der Waals surface area contributed by atoms with Gasteiger partial charge < -0.3 is 14.6 Å². The third-order valence-electron chi connectivity index (χ3n) is 2.73. The Morgan fingerprint density at radius 2 is 2.05 bits per heavy atom. The average molecular weight is 290 g/mol. The van der Waals surface area contributed by atoms with Crippen molar-refractivity contribution in [3.63, 3.8) is 0 Å². The van der Waals surface area contributed by atoms with E-state index in [0.29, 0.717) is 11.4 Å². The zero-order valence-corrected chi connectivity index (χ0v) is 11.6. The first kappa shape index (κ1) is 14.6. The quantitative estimate of drug-likeness (QED) is 0.844. The summed E-state index contributed by atoms with van der Waals surface area (Å²) in [5.41, 5.74) is 0.204. The number of benzene rings is 1. The van der Waals surface area contributed by atoms with Gasteiger partial charge in [0.25, 0.3) is 0 Å². The van der Waals surface area contributed by atoms with Gasteiger partial charge in [-0.3, -0.25) is 0 Å². The highest BCUT2D eigenvalue weighted by atomic mass is 16.5. The number of methoxy groups -OCH3 is 1. The van der Waals surface area contributed by atoms with Gasteiger partial charge in [-0.25, -0.2) is 14.3 Å². The summed E-state index contributed by atoms with van der Waals surface area (Å²) in [4.78, 5) is 23.0. The molecule has 1 aromatic heterocycles. The normalized spacial score (nSPS) is 10.2. The second kappa shape index (κ2) is 6.08. The summed E-state index contributed by atoms with van der Waals surface area (Å²) >= 11 is 0. The minimum absolute atomic E-state index is 0.0693. The van der Waals surface area contributed by atoms with Gasteiger partial charge in [-0.1, -0.05) is 12.1 Å². The minimum atomic E-state index is -1.20. The summed E-state index contributed by atoms with van der Waals surface area (Å²) in [6.07, 6.45) is 0. The van der Waals surface area contributed by atoms with Gasteiger partial charge in [0.15, 0.2) is 11.4 Å². The van der Waals surface area contributed by atoms with Gasteiger partial charge in [-0.05, 0) is 19.1 Å². The molecule has 0 amide bonds. The van der Waals surface area contributed by atoms with Crippen LogP contribution in [0.1, 0.15) is 27.9 Å². The standard InChI is InChI=1S/C14H14N2O5/c1-3-21-14(19)9-8-11(13(17)18)16(15-9)10-6-4-5-7-12(10)20-2/h4-8H,3H2,1-2H3,(H,17,18). The summed E-state index contributed by atoms with van der Waals surface area (Å²) in [6.45, 7) is 1.84. The topological polar surface area (TPSA) is 90.7 Å². The molecule has 0 saturated heterocycles. The molecule has 0 aliphatic rings. The molecule has 110 valence electrons. The monoisotopic (exact) mass is 290 g/mol. The van der Waals surface area contributed by atoms with Crippen molar-refractivity contribution in [1.82, 2.24) is 9.78 Å². The van der Waals surface area contributed by atoms with Crippen LogP contribution < -0.4 is 4.74 Å². The van der Waals surface area contributed by atoms with Crippen LogP contribution in [-0.4, -0.2) is 40.5 Å². The van der Waals surface area contributed by atoms with Crippen LogP contribution in [0.2, 0.25) is 0 Å². The molecule has 2 rings (SSSR count).